The van der Waals surface area contributed by atoms with Crippen molar-refractivity contribution in [3.05, 3.63) is 12.0 Å². The number of nitrogens with one attached hydrogen (secondary N) is 1. The van der Waals surface area contributed by atoms with Gasteiger partial charge in [-0.25, -0.2) is 0 Å². The maximum Gasteiger partial charge on any atom is 0.267 e. The van der Waals surface area contributed by atoms with Gasteiger partial charge in [0.25, 0.3) is 5.91 Å². The van der Waals surface area contributed by atoms with Gasteiger partial charge in [-0.1, -0.05) is 45.4 Å². The van der Waals surface area contributed by atoms with Gasteiger partial charge in [-0.15, -0.1) is 0 Å². The van der Waals surface area contributed by atoms with E-state index in [0.29, 0.717) is 12.3 Å². The second-order valence-electron chi connectivity index (χ2n) is 5.10. The molecule has 19 heavy (non-hydrogen) atoms. The largest absolute Gasteiger partial charge is 0.466 e. The molecule has 0 radical (unpaired) electrons. The first-order chi connectivity index (χ1) is 9.13. The highest BCUT2D eigenvalue weighted by Crippen LogP contribution is 2.11. The Balaban J connectivity index is 2.08. The van der Waals surface area contributed by atoms with Gasteiger partial charge < -0.3 is 4.74 Å². The van der Waals surface area contributed by atoms with Crippen molar-refractivity contribution in [2.75, 3.05) is 0 Å². The van der Waals surface area contributed by atoms with Gasteiger partial charge in [0.05, 0.1) is 0 Å². The van der Waals surface area contributed by atoms with Crippen molar-refractivity contribution in [2.45, 2.75) is 71.3 Å². The van der Waals surface area contributed by atoms with Crippen LogP contribution in [0.4, 0.5) is 0 Å². The minimum atomic E-state index is -0.488. The van der Waals surface area contributed by atoms with Crippen LogP contribution < -0.4 is 5.32 Å². The van der Waals surface area contributed by atoms with Gasteiger partial charge in [0.15, 0.2) is 17.8 Å². The van der Waals surface area contributed by atoms with E-state index in [4.69, 9.17) is 4.74 Å². The van der Waals surface area contributed by atoms with Crippen LogP contribution in [-0.4, -0.2) is 17.8 Å². The van der Waals surface area contributed by atoms with Crippen molar-refractivity contribution in [1.82, 2.24) is 5.32 Å². The summed E-state index contributed by atoms with van der Waals surface area (Å²) in [7, 11) is 0. The van der Waals surface area contributed by atoms with Crippen LogP contribution in [-0.2, 0) is 14.3 Å². The van der Waals surface area contributed by atoms with Crippen molar-refractivity contribution in [3.8, 4) is 0 Å². The summed E-state index contributed by atoms with van der Waals surface area (Å²) in [6.07, 6.45) is 9.79. The normalized spacial score (nSPS) is 20.4. The van der Waals surface area contributed by atoms with Crippen molar-refractivity contribution >= 4 is 11.7 Å². The van der Waals surface area contributed by atoms with Gasteiger partial charge >= 0.3 is 0 Å². The Morgan fingerprint density at radius 2 is 1.84 bits per heavy atom. The minimum absolute atomic E-state index is 0.0259. The predicted molar refractivity (Wildman–Crippen MR) is 74.4 cm³/mol. The van der Waals surface area contributed by atoms with Gasteiger partial charge in [0.1, 0.15) is 0 Å². The topological polar surface area (TPSA) is 55.4 Å². The molecule has 1 aliphatic rings. The molecule has 4 heteroatoms. The van der Waals surface area contributed by atoms with Gasteiger partial charge in [0, 0.05) is 12.5 Å². The zero-order valence-electron chi connectivity index (χ0n) is 12.0. The molecular weight excluding hydrogens is 242 g/mol. The van der Waals surface area contributed by atoms with Crippen LogP contribution in [0.25, 0.3) is 0 Å². The Morgan fingerprint density at radius 3 is 2.42 bits per heavy atom. The van der Waals surface area contributed by atoms with Crippen molar-refractivity contribution < 1.29 is 14.3 Å². The third-order valence-corrected chi connectivity index (χ3v) is 3.24. The SMILES string of the molecule is CCCCCCCCCC(=O)/C=C1\NC(=O)[C@H](C)O1. The average Bonchev–Trinajstić information content (AvgIpc) is 2.67. The van der Waals surface area contributed by atoms with E-state index in [2.05, 4.69) is 12.2 Å². The standard InChI is InChI=1S/C15H25NO3/c1-3-4-5-6-7-8-9-10-13(17)11-14-16-15(18)12(2)19-14/h11-12H,3-10H2,1-2H3,(H,16,18)/b14-11+/t12-/m0/s1. The number of hydrogen-bond donors (Lipinski definition) is 1. The van der Waals surface area contributed by atoms with E-state index in [-0.39, 0.29) is 11.7 Å². The summed E-state index contributed by atoms with van der Waals surface area (Å²) in [5, 5.41) is 2.54. The van der Waals surface area contributed by atoms with E-state index in [1.54, 1.807) is 6.92 Å². The zero-order valence-corrected chi connectivity index (χ0v) is 12.0. The highest BCUT2D eigenvalue weighted by Gasteiger charge is 2.25. The highest BCUT2D eigenvalue weighted by atomic mass is 16.5. The molecule has 0 spiro atoms. The first kappa shape index (κ1) is 15.7. The van der Waals surface area contributed by atoms with Gasteiger partial charge in [0.2, 0.25) is 0 Å². The molecule has 0 aromatic carbocycles. The number of ketones is 1. The maximum absolute atomic E-state index is 11.6. The maximum atomic E-state index is 11.6. The second-order valence-corrected chi connectivity index (χ2v) is 5.10. The van der Waals surface area contributed by atoms with Crippen LogP contribution in [0, 0.1) is 0 Å². The Bertz CT molecular complexity index is 336. The van der Waals surface area contributed by atoms with Crippen LogP contribution in [0.3, 0.4) is 0 Å². The number of unbranched alkanes of at least 4 members (excludes halogenated alkanes) is 6. The number of allylic oxidation sites excluding steroid dienone is 1. The molecule has 0 aromatic rings. The molecule has 0 aliphatic carbocycles. The van der Waals surface area contributed by atoms with E-state index in [0.717, 1.165) is 12.8 Å². The number of carbonyl (C=O) groups is 2. The lowest BCUT2D eigenvalue weighted by molar-refractivity contribution is -0.122. The zero-order chi connectivity index (χ0) is 14.1. The molecule has 1 saturated heterocycles. The van der Waals surface area contributed by atoms with Crippen LogP contribution in [0.15, 0.2) is 12.0 Å². The summed E-state index contributed by atoms with van der Waals surface area (Å²) in [4.78, 5) is 22.8. The van der Waals surface area contributed by atoms with Gasteiger partial charge in [-0.2, -0.15) is 0 Å². The third-order valence-electron chi connectivity index (χ3n) is 3.24. The fourth-order valence-electron chi connectivity index (χ4n) is 2.04. The molecule has 0 saturated carbocycles. The molecule has 1 aliphatic heterocycles. The van der Waals surface area contributed by atoms with Crippen LogP contribution in [0.2, 0.25) is 0 Å². The lowest BCUT2D eigenvalue weighted by atomic mass is 10.1. The Labute approximate surface area is 115 Å². The molecular formula is C15H25NO3. The molecule has 1 fully saturated rings. The first-order valence-electron chi connectivity index (χ1n) is 7.35. The quantitative estimate of drug-likeness (QED) is 0.516. The molecule has 1 heterocycles. The minimum Gasteiger partial charge on any atom is -0.466 e. The molecule has 1 N–H and O–H groups in total. The van der Waals surface area contributed by atoms with Crippen LogP contribution in [0.5, 0.6) is 0 Å². The van der Waals surface area contributed by atoms with Gasteiger partial charge in [-0.05, 0) is 13.3 Å². The molecule has 0 unspecified atom stereocenters. The van der Waals surface area contributed by atoms with Crippen molar-refractivity contribution in [1.29, 1.82) is 0 Å². The summed E-state index contributed by atoms with van der Waals surface area (Å²) >= 11 is 0. The lowest BCUT2D eigenvalue weighted by Gasteiger charge is -2.01. The number of rotatable bonds is 9. The molecule has 4 nitrogen and oxygen atoms in total. The molecule has 1 rings (SSSR count). The summed E-state index contributed by atoms with van der Waals surface area (Å²) in [6, 6.07) is 0. The summed E-state index contributed by atoms with van der Waals surface area (Å²) in [6.45, 7) is 3.87. The predicted octanol–water partition coefficient (Wildman–Crippen LogP) is 3.07. The molecule has 0 aromatic heterocycles. The smallest absolute Gasteiger partial charge is 0.267 e. The summed E-state index contributed by atoms with van der Waals surface area (Å²) in [5.41, 5.74) is 0. The van der Waals surface area contributed by atoms with Crippen LogP contribution >= 0.6 is 0 Å². The second kappa shape index (κ2) is 8.73. The first-order valence-corrected chi connectivity index (χ1v) is 7.35. The van der Waals surface area contributed by atoms with Crippen molar-refractivity contribution in [2.24, 2.45) is 0 Å². The molecule has 1 amide bonds. The fraction of sp³-hybridized carbons (Fsp3) is 0.733. The number of ether oxygens (including phenoxy) is 1. The summed E-state index contributed by atoms with van der Waals surface area (Å²) < 4.78 is 5.20. The monoisotopic (exact) mass is 267 g/mol. The molecule has 1 atom stereocenters. The molecule has 108 valence electrons. The Morgan fingerprint density at radius 1 is 1.21 bits per heavy atom. The van der Waals surface area contributed by atoms with E-state index in [1.165, 1.54) is 38.2 Å². The van der Waals surface area contributed by atoms with Crippen LogP contribution in [0.1, 0.15) is 65.2 Å². The van der Waals surface area contributed by atoms with E-state index < -0.39 is 6.10 Å². The number of carbonyl (C=O) groups excluding carboxylic acids is 2. The molecule has 0 bridgehead atoms. The Hall–Kier alpha value is -1.32. The Kier molecular flexibility index (Phi) is 7.23. The summed E-state index contributed by atoms with van der Waals surface area (Å²) in [5.74, 6) is 0.137. The fourth-order valence-corrected chi connectivity index (χ4v) is 2.04. The van der Waals surface area contributed by atoms with E-state index >= 15 is 0 Å². The van der Waals surface area contributed by atoms with E-state index in [1.807, 2.05) is 0 Å². The van der Waals surface area contributed by atoms with E-state index in [9.17, 15) is 9.59 Å². The average molecular weight is 267 g/mol. The van der Waals surface area contributed by atoms with Gasteiger partial charge in [-0.3, -0.25) is 14.9 Å². The lowest BCUT2D eigenvalue weighted by Crippen LogP contribution is -2.20. The third kappa shape index (κ3) is 6.41. The number of amides is 1. The van der Waals surface area contributed by atoms with Crippen molar-refractivity contribution in [3.63, 3.8) is 0 Å². The number of hydrogen-bond acceptors (Lipinski definition) is 3. The highest BCUT2D eigenvalue weighted by molar-refractivity contribution is 5.92.